The maximum Gasteiger partial charge on any atom is 0.573 e. The van der Waals surface area contributed by atoms with E-state index >= 15 is 4.39 Å². The largest absolute Gasteiger partial charge is 0.573 e. The molecule has 2 heterocycles. The van der Waals surface area contributed by atoms with Crippen LogP contribution in [0.5, 0.6) is 17.2 Å². The monoisotopic (exact) mass is 704 g/mol. The molecule has 8 nitrogen and oxygen atoms in total. The average Bonchev–Trinajstić information content (AvgIpc) is 3.02. The second-order valence-corrected chi connectivity index (χ2v) is 19.0. The number of alkyl halides is 3. The summed E-state index contributed by atoms with van der Waals surface area (Å²) in [6, 6.07) is 15.6. The second-order valence-electron chi connectivity index (χ2n) is 14.2. The van der Waals surface area contributed by atoms with E-state index in [9.17, 15) is 23.1 Å². The fourth-order valence-electron chi connectivity index (χ4n) is 5.92. The average molecular weight is 705 g/mol. The van der Waals surface area contributed by atoms with Gasteiger partial charge in [-0.15, -0.1) is 13.2 Å². The molecule has 0 saturated carbocycles. The highest BCUT2D eigenvalue weighted by Gasteiger charge is 2.49. The summed E-state index contributed by atoms with van der Waals surface area (Å²) >= 11 is 0. The van der Waals surface area contributed by atoms with Crippen LogP contribution in [0.25, 0.3) is 0 Å². The molecule has 3 aromatic rings. The van der Waals surface area contributed by atoms with Crippen molar-refractivity contribution in [1.82, 2.24) is 0 Å². The number of carbonyl (C=O) groups is 1. The molecule has 2 atom stereocenters. The molecule has 3 aromatic carbocycles. The third kappa shape index (κ3) is 8.33. The highest BCUT2D eigenvalue weighted by atomic mass is 28.4. The van der Waals surface area contributed by atoms with Gasteiger partial charge in [0.2, 0.25) is 5.91 Å². The number of piperidine rings is 1. The Kier molecular flexibility index (Phi) is 10.3. The third-order valence-corrected chi connectivity index (χ3v) is 14.3. The number of anilines is 2. The van der Waals surface area contributed by atoms with Crippen LogP contribution in [0, 0.1) is 5.82 Å². The zero-order valence-electron chi connectivity index (χ0n) is 28.7. The van der Waals surface area contributed by atoms with Gasteiger partial charge in [-0.1, -0.05) is 32.9 Å². The fraction of sp³-hybridized carbons (Fsp3) is 0.472. The third-order valence-electron chi connectivity index (χ3n) is 9.81. The van der Waals surface area contributed by atoms with Crippen LogP contribution < -0.4 is 24.0 Å². The second kappa shape index (κ2) is 13.8. The maximum absolute atomic E-state index is 15.4. The summed E-state index contributed by atoms with van der Waals surface area (Å²) in [5, 5.41) is 12.0. The van der Waals surface area contributed by atoms with E-state index in [2.05, 4.69) is 38.6 Å². The van der Waals surface area contributed by atoms with Crippen molar-refractivity contribution in [2.75, 3.05) is 36.6 Å². The molecule has 1 amide bonds. The quantitative estimate of drug-likeness (QED) is 0.172. The molecule has 2 aliphatic rings. The van der Waals surface area contributed by atoms with Gasteiger partial charge in [0.25, 0.3) is 0 Å². The Morgan fingerprint density at radius 1 is 0.959 bits per heavy atom. The summed E-state index contributed by atoms with van der Waals surface area (Å²) in [7, 11) is -0.869. The lowest BCUT2D eigenvalue weighted by Crippen LogP contribution is -2.63. The van der Waals surface area contributed by atoms with Gasteiger partial charge in [0.1, 0.15) is 35.3 Å². The van der Waals surface area contributed by atoms with Crippen LogP contribution in [0.3, 0.4) is 0 Å². The molecule has 0 bridgehead atoms. The summed E-state index contributed by atoms with van der Waals surface area (Å²) in [5.74, 6) is -0.0121. The number of halogens is 4. The Balaban J connectivity index is 1.38. The number of ether oxygens (including phenoxy) is 3. The first-order valence-corrected chi connectivity index (χ1v) is 19.2. The van der Waals surface area contributed by atoms with Crippen molar-refractivity contribution in [2.45, 2.75) is 82.8 Å². The topological polar surface area (TPSA) is 80.7 Å². The van der Waals surface area contributed by atoms with Gasteiger partial charge in [0.15, 0.2) is 8.32 Å². The van der Waals surface area contributed by atoms with Gasteiger partial charge in [-0.25, -0.2) is 4.39 Å². The van der Waals surface area contributed by atoms with Crippen molar-refractivity contribution in [3.63, 3.8) is 0 Å². The van der Waals surface area contributed by atoms with E-state index in [0.717, 1.165) is 5.56 Å². The number of methoxy groups -OCH3 is 1. The number of nitrogens with zero attached hydrogens (tertiary/aromatic N) is 2. The molecule has 1 N–H and O–H groups in total. The Hall–Kier alpha value is -3.81. The molecular weight excluding hydrogens is 660 g/mol. The van der Waals surface area contributed by atoms with Gasteiger partial charge in [-0.2, -0.15) is 0 Å². The Morgan fingerprint density at radius 2 is 1.61 bits per heavy atom. The molecule has 13 heteroatoms. The van der Waals surface area contributed by atoms with E-state index in [0.29, 0.717) is 29.3 Å². The molecule has 1 saturated heterocycles. The van der Waals surface area contributed by atoms with Crippen LogP contribution in [0.4, 0.5) is 28.9 Å². The van der Waals surface area contributed by atoms with E-state index in [-0.39, 0.29) is 61.3 Å². The van der Waals surface area contributed by atoms with E-state index in [1.807, 2.05) is 17.0 Å². The number of amides is 1. The van der Waals surface area contributed by atoms with Gasteiger partial charge in [0.05, 0.1) is 25.4 Å². The van der Waals surface area contributed by atoms with Crippen molar-refractivity contribution in [3.8, 4) is 17.2 Å². The van der Waals surface area contributed by atoms with E-state index in [1.165, 1.54) is 29.2 Å². The first kappa shape index (κ1) is 36.5. The lowest BCUT2D eigenvalue weighted by atomic mass is 9.89. The molecule has 0 aromatic heterocycles. The van der Waals surface area contributed by atoms with Crippen LogP contribution in [-0.4, -0.2) is 64.2 Å². The predicted octanol–water partition coefficient (Wildman–Crippen LogP) is 7.62. The lowest BCUT2D eigenvalue weighted by Gasteiger charge is -2.49. The molecule has 0 aliphatic carbocycles. The van der Waals surface area contributed by atoms with Crippen LogP contribution in [0.1, 0.15) is 44.7 Å². The van der Waals surface area contributed by atoms with Crippen LogP contribution >= 0.6 is 0 Å². The van der Waals surface area contributed by atoms with Crippen LogP contribution in [-0.2, 0) is 22.2 Å². The maximum atomic E-state index is 15.4. The minimum absolute atomic E-state index is 0.150. The molecule has 2 aliphatic heterocycles. The molecule has 49 heavy (non-hydrogen) atoms. The number of hydrogen-bond donors (Lipinski definition) is 1. The van der Waals surface area contributed by atoms with E-state index in [1.54, 1.807) is 31.4 Å². The number of hydrogen-bond acceptors (Lipinski definition) is 7. The SMILES string of the molecule is COc1ccc(CN2C(=O)CCc3c(OC[C@]4(O)CCN(c5ccc(OC(F)(F)F)cc5)C[C@H]4O[Si](C)(C)C(C)(C)C)ccc(F)c32)cc1. The Morgan fingerprint density at radius 3 is 2.22 bits per heavy atom. The van der Waals surface area contributed by atoms with E-state index in [4.69, 9.17) is 13.9 Å². The van der Waals surface area contributed by atoms with Gasteiger partial charge in [-0.3, -0.25) is 4.79 Å². The number of aliphatic hydroxyl groups is 1. The summed E-state index contributed by atoms with van der Waals surface area (Å²) in [5.41, 5.74) is 0.743. The van der Waals surface area contributed by atoms with Crippen LogP contribution in [0.15, 0.2) is 60.7 Å². The number of rotatable bonds is 10. The van der Waals surface area contributed by atoms with Gasteiger partial charge in [-0.05, 0) is 85.1 Å². The highest BCUT2D eigenvalue weighted by Crippen LogP contribution is 2.42. The highest BCUT2D eigenvalue weighted by molar-refractivity contribution is 6.74. The smallest absolute Gasteiger partial charge is 0.497 e. The molecule has 5 rings (SSSR count). The zero-order valence-corrected chi connectivity index (χ0v) is 29.7. The van der Waals surface area contributed by atoms with Gasteiger partial charge < -0.3 is 33.5 Å². The van der Waals surface area contributed by atoms with Crippen molar-refractivity contribution >= 4 is 25.6 Å². The minimum Gasteiger partial charge on any atom is -0.497 e. The summed E-state index contributed by atoms with van der Waals surface area (Å²) in [4.78, 5) is 16.5. The summed E-state index contributed by atoms with van der Waals surface area (Å²) < 4.78 is 76.0. The molecule has 0 spiro atoms. The number of fused-ring (bicyclic) bond motifs is 1. The first-order valence-electron chi connectivity index (χ1n) is 16.3. The Labute approximate surface area is 285 Å². The summed E-state index contributed by atoms with van der Waals surface area (Å²) in [6.07, 6.45) is -4.81. The molecule has 0 unspecified atom stereocenters. The molecule has 266 valence electrons. The predicted molar refractivity (Wildman–Crippen MR) is 181 cm³/mol. The Bertz CT molecular complexity index is 1630. The minimum atomic E-state index is -4.79. The van der Waals surface area contributed by atoms with Crippen molar-refractivity contribution in [1.29, 1.82) is 0 Å². The van der Waals surface area contributed by atoms with Crippen molar-refractivity contribution < 1.29 is 46.1 Å². The standard InChI is InChI=1S/C36H44F4N2O6Si/c1-34(2,3)49(5,6)48-31-22-41(25-9-13-27(14-10-25)47-36(38,39)40)20-19-35(31,44)23-46-30-17-16-29(37)33-28(30)15-18-32(43)42(33)21-24-7-11-26(45-4)12-8-24/h7-14,16-17,31,44H,15,18-23H2,1-6H3/t31-,35-/m1/s1. The molecular formula is C36H44F4N2O6Si. The van der Waals surface area contributed by atoms with Crippen molar-refractivity contribution in [3.05, 3.63) is 77.6 Å². The zero-order chi connectivity index (χ0) is 35.8. The lowest BCUT2D eigenvalue weighted by molar-refractivity contribution is -0.274. The van der Waals surface area contributed by atoms with Crippen molar-refractivity contribution in [2.24, 2.45) is 0 Å². The first-order chi connectivity index (χ1) is 22.9. The summed E-state index contributed by atoms with van der Waals surface area (Å²) in [6.45, 7) is 11.1. The van der Waals surface area contributed by atoms with Crippen LogP contribution in [0.2, 0.25) is 18.1 Å². The number of benzene rings is 3. The normalized spacial score (nSPS) is 20.2. The van der Waals surface area contributed by atoms with Gasteiger partial charge in [0, 0.05) is 30.8 Å². The molecule has 1 fully saturated rings. The van der Waals surface area contributed by atoms with Gasteiger partial charge >= 0.3 is 6.36 Å². The molecule has 0 radical (unpaired) electrons. The van der Waals surface area contributed by atoms with E-state index < -0.39 is 32.2 Å². The fourth-order valence-corrected chi connectivity index (χ4v) is 7.28. The number of carbonyl (C=O) groups excluding carboxylic acids is 1.